The Morgan fingerprint density at radius 3 is 2.82 bits per heavy atom. The van der Waals surface area contributed by atoms with E-state index in [1.807, 2.05) is 13.8 Å². The van der Waals surface area contributed by atoms with E-state index in [1.54, 1.807) is 18.2 Å². The largest absolute Gasteiger partial charge is 0.482 e. The third kappa shape index (κ3) is 4.36. The standard InChI is InChI=1S/C12H16BrNO3/c1-8(2)14-11(16)7-17-12-9(6-15)4-3-5-10(12)13/h3-5,8,15H,6-7H2,1-2H3,(H,14,16). The van der Waals surface area contributed by atoms with Gasteiger partial charge in [-0.05, 0) is 35.8 Å². The Labute approximate surface area is 109 Å². The van der Waals surface area contributed by atoms with Crippen molar-refractivity contribution in [3.05, 3.63) is 28.2 Å². The van der Waals surface area contributed by atoms with Crippen molar-refractivity contribution in [1.29, 1.82) is 0 Å². The average molecular weight is 302 g/mol. The molecule has 1 aromatic rings. The van der Waals surface area contributed by atoms with E-state index in [0.717, 1.165) is 4.47 Å². The third-order valence-electron chi connectivity index (χ3n) is 2.02. The second-order valence-corrected chi connectivity index (χ2v) is 4.75. The number of aliphatic hydroxyl groups excluding tert-OH is 1. The summed E-state index contributed by atoms with van der Waals surface area (Å²) in [6, 6.07) is 5.44. The molecule has 0 aromatic heterocycles. The lowest BCUT2D eigenvalue weighted by Gasteiger charge is -2.13. The highest BCUT2D eigenvalue weighted by molar-refractivity contribution is 9.10. The molecule has 0 spiro atoms. The van der Waals surface area contributed by atoms with Gasteiger partial charge in [0.15, 0.2) is 6.61 Å². The summed E-state index contributed by atoms with van der Waals surface area (Å²) in [5, 5.41) is 11.9. The highest BCUT2D eigenvalue weighted by Gasteiger charge is 2.10. The Morgan fingerprint density at radius 1 is 1.53 bits per heavy atom. The zero-order chi connectivity index (χ0) is 12.8. The minimum atomic E-state index is -0.181. The normalized spacial score (nSPS) is 10.4. The van der Waals surface area contributed by atoms with Crippen LogP contribution >= 0.6 is 15.9 Å². The number of hydrogen-bond acceptors (Lipinski definition) is 3. The van der Waals surface area contributed by atoms with E-state index < -0.39 is 0 Å². The summed E-state index contributed by atoms with van der Waals surface area (Å²) in [5.41, 5.74) is 0.650. The molecule has 0 radical (unpaired) electrons. The van der Waals surface area contributed by atoms with Crippen LogP contribution in [-0.2, 0) is 11.4 Å². The van der Waals surface area contributed by atoms with Gasteiger partial charge in [0.25, 0.3) is 5.91 Å². The number of benzene rings is 1. The number of carbonyl (C=O) groups excluding carboxylic acids is 1. The number of rotatable bonds is 5. The van der Waals surface area contributed by atoms with Gasteiger partial charge in [-0.3, -0.25) is 4.79 Å². The first-order chi connectivity index (χ1) is 8.04. The first-order valence-corrected chi connectivity index (χ1v) is 6.14. The molecule has 1 rings (SSSR count). The molecular weight excluding hydrogens is 286 g/mol. The number of hydrogen-bond donors (Lipinski definition) is 2. The van der Waals surface area contributed by atoms with Gasteiger partial charge in [-0.1, -0.05) is 12.1 Å². The smallest absolute Gasteiger partial charge is 0.258 e. The minimum Gasteiger partial charge on any atom is -0.482 e. The molecule has 0 aliphatic carbocycles. The first kappa shape index (κ1) is 14.0. The molecule has 0 aliphatic rings. The summed E-state index contributed by atoms with van der Waals surface area (Å²) in [6.45, 7) is 3.58. The van der Waals surface area contributed by atoms with Crippen molar-refractivity contribution in [1.82, 2.24) is 5.32 Å². The lowest BCUT2D eigenvalue weighted by molar-refractivity contribution is -0.123. The van der Waals surface area contributed by atoms with Crippen molar-refractivity contribution in [3.63, 3.8) is 0 Å². The fourth-order valence-electron chi connectivity index (χ4n) is 1.34. The molecule has 4 nitrogen and oxygen atoms in total. The van der Waals surface area contributed by atoms with Gasteiger partial charge in [0, 0.05) is 11.6 Å². The van der Waals surface area contributed by atoms with E-state index in [0.29, 0.717) is 11.3 Å². The van der Waals surface area contributed by atoms with E-state index in [-0.39, 0.29) is 25.2 Å². The number of nitrogens with one attached hydrogen (secondary N) is 1. The van der Waals surface area contributed by atoms with E-state index in [4.69, 9.17) is 9.84 Å². The zero-order valence-corrected chi connectivity index (χ0v) is 11.5. The summed E-state index contributed by atoms with van der Waals surface area (Å²) < 4.78 is 6.13. The van der Waals surface area contributed by atoms with Gasteiger partial charge in [-0.15, -0.1) is 0 Å². The van der Waals surface area contributed by atoms with Gasteiger partial charge >= 0.3 is 0 Å². The lowest BCUT2D eigenvalue weighted by atomic mass is 10.2. The van der Waals surface area contributed by atoms with Crippen LogP contribution in [0.15, 0.2) is 22.7 Å². The molecule has 17 heavy (non-hydrogen) atoms. The summed E-state index contributed by atoms with van der Waals surface area (Å²) in [4.78, 5) is 11.4. The van der Waals surface area contributed by atoms with Crippen molar-refractivity contribution >= 4 is 21.8 Å². The van der Waals surface area contributed by atoms with Gasteiger partial charge in [0.05, 0.1) is 11.1 Å². The Kier molecular flexibility index (Phi) is 5.44. The van der Waals surface area contributed by atoms with Crippen molar-refractivity contribution in [3.8, 4) is 5.75 Å². The number of aliphatic hydroxyl groups is 1. The molecule has 0 unspecified atom stereocenters. The van der Waals surface area contributed by atoms with E-state index in [1.165, 1.54) is 0 Å². The summed E-state index contributed by atoms with van der Waals surface area (Å²) >= 11 is 3.32. The van der Waals surface area contributed by atoms with Gasteiger partial charge in [0.2, 0.25) is 0 Å². The third-order valence-corrected chi connectivity index (χ3v) is 2.64. The number of ether oxygens (including phenoxy) is 1. The molecule has 2 N–H and O–H groups in total. The van der Waals surface area contributed by atoms with Crippen LogP contribution in [0.3, 0.4) is 0 Å². The number of amides is 1. The van der Waals surface area contributed by atoms with Crippen LogP contribution in [-0.4, -0.2) is 23.7 Å². The van der Waals surface area contributed by atoms with Crippen LogP contribution in [0, 0.1) is 0 Å². The molecule has 0 heterocycles. The molecule has 0 bridgehead atoms. The SMILES string of the molecule is CC(C)NC(=O)COc1c(Br)cccc1CO. The number of carbonyl (C=O) groups is 1. The van der Waals surface area contributed by atoms with Gasteiger partial charge in [0.1, 0.15) is 5.75 Å². The second-order valence-electron chi connectivity index (χ2n) is 3.90. The lowest BCUT2D eigenvalue weighted by Crippen LogP contribution is -2.34. The van der Waals surface area contributed by atoms with Crippen LogP contribution in [0.25, 0.3) is 0 Å². The van der Waals surface area contributed by atoms with Crippen molar-refractivity contribution < 1.29 is 14.6 Å². The average Bonchev–Trinajstić information content (AvgIpc) is 2.26. The Bertz CT molecular complexity index is 393. The number of halogens is 1. The first-order valence-electron chi connectivity index (χ1n) is 5.35. The monoisotopic (exact) mass is 301 g/mol. The zero-order valence-electron chi connectivity index (χ0n) is 9.87. The molecule has 0 saturated heterocycles. The molecule has 1 amide bonds. The predicted molar refractivity (Wildman–Crippen MR) is 68.8 cm³/mol. The molecule has 1 aromatic carbocycles. The highest BCUT2D eigenvalue weighted by Crippen LogP contribution is 2.28. The maximum atomic E-state index is 11.4. The molecule has 94 valence electrons. The van der Waals surface area contributed by atoms with Crippen molar-refractivity contribution in [2.75, 3.05) is 6.61 Å². The topological polar surface area (TPSA) is 58.6 Å². The fraction of sp³-hybridized carbons (Fsp3) is 0.417. The van der Waals surface area contributed by atoms with Gasteiger partial charge in [-0.2, -0.15) is 0 Å². The van der Waals surface area contributed by atoms with E-state index in [9.17, 15) is 4.79 Å². The van der Waals surface area contributed by atoms with Crippen LogP contribution in [0.1, 0.15) is 19.4 Å². The minimum absolute atomic E-state index is 0.0617. The van der Waals surface area contributed by atoms with E-state index in [2.05, 4.69) is 21.2 Å². The maximum absolute atomic E-state index is 11.4. The number of para-hydroxylation sites is 1. The van der Waals surface area contributed by atoms with Gasteiger partial charge in [-0.25, -0.2) is 0 Å². The quantitative estimate of drug-likeness (QED) is 0.872. The summed E-state index contributed by atoms with van der Waals surface area (Å²) in [7, 11) is 0. The Balaban J connectivity index is 2.65. The van der Waals surface area contributed by atoms with Crippen LogP contribution in [0.2, 0.25) is 0 Å². The van der Waals surface area contributed by atoms with Crippen LogP contribution in [0.5, 0.6) is 5.75 Å². The van der Waals surface area contributed by atoms with Crippen molar-refractivity contribution in [2.24, 2.45) is 0 Å². The maximum Gasteiger partial charge on any atom is 0.258 e. The van der Waals surface area contributed by atoms with Crippen LogP contribution in [0.4, 0.5) is 0 Å². The molecule has 0 aliphatic heterocycles. The van der Waals surface area contributed by atoms with Gasteiger partial charge < -0.3 is 15.2 Å². The predicted octanol–water partition coefficient (Wildman–Crippen LogP) is 1.84. The molecule has 0 fully saturated rings. The Morgan fingerprint density at radius 2 is 2.24 bits per heavy atom. The Hall–Kier alpha value is -1.07. The summed E-state index contributed by atoms with van der Waals surface area (Å²) in [5.74, 6) is 0.327. The van der Waals surface area contributed by atoms with Crippen molar-refractivity contribution in [2.45, 2.75) is 26.5 Å². The van der Waals surface area contributed by atoms with E-state index >= 15 is 0 Å². The molecular formula is C12H16BrNO3. The molecule has 5 heteroatoms. The fourth-order valence-corrected chi connectivity index (χ4v) is 1.86. The van der Waals surface area contributed by atoms with Crippen LogP contribution < -0.4 is 10.1 Å². The molecule has 0 saturated carbocycles. The molecule has 0 atom stereocenters. The summed E-state index contributed by atoms with van der Waals surface area (Å²) in [6.07, 6.45) is 0. The highest BCUT2D eigenvalue weighted by atomic mass is 79.9. The second kappa shape index (κ2) is 6.61.